The first kappa shape index (κ1) is 17.9. The Balaban J connectivity index is 1.44. The lowest BCUT2D eigenvalue weighted by Gasteiger charge is -2.17. The molecule has 2 aromatic carbocycles. The third-order valence-corrected chi connectivity index (χ3v) is 4.36. The van der Waals surface area contributed by atoms with E-state index in [2.05, 4.69) is 5.32 Å². The quantitative estimate of drug-likeness (QED) is 0.759. The van der Waals surface area contributed by atoms with Crippen molar-refractivity contribution >= 4 is 11.9 Å². The molecule has 0 aliphatic carbocycles. The topological polar surface area (TPSA) is 78.9 Å². The van der Waals surface area contributed by atoms with Gasteiger partial charge in [0.1, 0.15) is 12.4 Å². The number of carbonyl (C=O) groups is 2. The number of hydrogen-bond donors (Lipinski definition) is 2. The lowest BCUT2D eigenvalue weighted by Crippen LogP contribution is -2.34. The third-order valence-electron chi connectivity index (χ3n) is 4.36. The van der Waals surface area contributed by atoms with Crippen LogP contribution in [0.15, 0.2) is 54.6 Å². The van der Waals surface area contributed by atoms with Crippen LogP contribution >= 0.6 is 0 Å². The minimum atomic E-state index is -0.938. The maximum absolute atomic E-state index is 12.1. The van der Waals surface area contributed by atoms with Gasteiger partial charge in [-0.05, 0) is 29.8 Å². The minimum absolute atomic E-state index is 0.0627. The van der Waals surface area contributed by atoms with Gasteiger partial charge in [-0.15, -0.1) is 0 Å². The molecule has 0 aromatic heterocycles. The molecule has 136 valence electrons. The predicted octanol–water partition coefficient (Wildman–Crippen LogP) is 2.15. The molecule has 1 fully saturated rings. The number of ether oxygens (including phenoxy) is 1. The number of likely N-dealkylation sites (tertiary alicyclic amines) is 1. The normalized spacial score (nSPS) is 16.7. The highest BCUT2D eigenvalue weighted by Crippen LogP contribution is 2.13. The van der Waals surface area contributed by atoms with Crippen molar-refractivity contribution in [2.24, 2.45) is 0 Å². The Morgan fingerprint density at radius 2 is 2.00 bits per heavy atom. The van der Waals surface area contributed by atoms with Crippen LogP contribution in [0.2, 0.25) is 0 Å². The zero-order valence-electron chi connectivity index (χ0n) is 14.4. The highest BCUT2D eigenvalue weighted by Gasteiger charge is 2.28. The number of nitrogens with one attached hydrogen (secondary N) is 1. The summed E-state index contributed by atoms with van der Waals surface area (Å²) in [4.78, 5) is 25.0. The van der Waals surface area contributed by atoms with E-state index in [-0.39, 0.29) is 17.5 Å². The summed E-state index contributed by atoms with van der Waals surface area (Å²) in [5.74, 6) is -0.0296. The molecule has 0 bridgehead atoms. The van der Waals surface area contributed by atoms with E-state index >= 15 is 0 Å². The average Bonchev–Trinajstić information content (AvgIpc) is 3.01. The van der Waals surface area contributed by atoms with E-state index in [0.29, 0.717) is 32.7 Å². The van der Waals surface area contributed by atoms with Gasteiger partial charge in [0.05, 0.1) is 12.1 Å². The van der Waals surface area contributed by atoms with Crippen LogP contribution in [-0.4, -0.2) is 47.6 Å². The standard InChI is InChI=1S/C20H22N2O4/c23-19-12-17(21-13-15-5-4-6-16(11-15)20(24)25)14-22(19)9-10-26-18-7-2-1-3-8-18/h1-8,11,17,21H,9-10,12-14H2,(H,24,25). The first-order valence-corrected chi connectivity index (χ1v) is 8.63. The van der Waals surface area contributed by atoms with Crippen molar-refractivity contribution in [3.8, 4) is 5.75 Å². The van der Waals surface area contributed by atoms with Crippen molar-refractivity contribution in [1.82, 2.24) is 10.2 Å². The molecule has 0 spiro atoms. The Morgan fingerprint density at radius 3 is 2.77 bits per heavy atom. The van der Waals surface area contributed by atoms with E-state index < -0.39 is 5.97 Å². The SMILES string of the molecule is O=C(O)c1cccc(CNC2CC(=O)N(CCOc3ccccc3)C2)c1. The number of para-hydroxylation sites is 1. The van der Waals surface area contributed by atoms with Gasteiger partial charge >= 0.3 is 5.97 Å². The Bertz CT molecular complexity index is 763. The van der Waals surface area contributed by atoms with Crippen LogP contribution in [0.3, 0.4) is 0 Å². The molecule has 1 atom stereocenters. The molecule has 2 N–H and O–H groups in total. The number of rotatable bonds is 8. The summed E-state index contributed by atoms with van der Waals surface area (Å²) in [5.41, 5.74) is 1.16. The minimum Gasteiger partial charge on any atom is -0.492 e. The van der Waals surface area contributed by atoms with Crippen molar-refractivity contribution in [2.45, 2.75) is 19.0 Å². The maximum atomic E-state index is 12.1. The van der Waals surface area contributed by atoms with Crippen molar-refractivity contribution in [2.75, 3.05) is 19.7 Å². The van der Waals surface area contributed by atoms with Crippen LogP contribution in [0.1, 0.15) is 22.3 Å². The first-order chi connectivity index (χ1) is 12.6. The molecule has 6 heteroatoms. The molecule has 1 aliphatic heterocycles. The summed E-state index contributed by atoms with van der Waals surface area (Å²) in [6.45, 7) is 2.19. The van der Waals surface area contributed by atoms with Gasteiger partial charge in [0, 0.05) is 25.6 Å². The summed E-state index contributed by atoms with van der Waals surface area (Å²) in [6.07, 6.45) is 0.448. The molecule has 1 amide bonds. The Labute approximate surface area is 152 Å². The number of hydrogen-bond acceptors (Lipinski definition) is 4. The van der Waals surface area contributed by atoms with E-state index in [4.69, 9.17) is 9.84 Å². The molecule has 2 aromatic rings. The lowest BCUT2D eigenvalue weighted by atomic mass is 10.1. The van der Waals surface area contributed by atoms with E-state index in [0.717, 1.165) is 11.3 Å². The maximum Gasteiger partial charge on any atom is 0.335 e. The number of carbonyl (C=O) groups excluding carboxylic acids is 1. The number of carboxylic acid groups (broad SMARTS) is 1. The van der Waals surface area contributed by atoms with Crippen LogP contribution in [-0.2, 0) is 11.3 Å². The van der Waals surface area contributed by atoms with Crippen LogP contribution in [0.25, 0.3) is 0 Å². The molecule has 1 heterocycles. The number of benzene rings is 2. The smallest absolute Gasteiger partial charge is 0.335 e. The van der Waals surface area contributed by atoms with Gasteiger partial charge in [0.25, 0.3) is 0 Å². The fraction of sp³-hybridized carbons (Fsp3) is 0.300. The largest absolute Gasteiger partial charge is 0.492 e. The van der Waals surface area contributed by atoms with Crippen molar-refractivity contribution in [3.63, 3.8) is 0 Å². The summed E-state index contributed by atoms with van der Waals surface area (Å²) in [7, 11) is 0. The van der Waals surface area contributed by atoms with Gasteiger partial charge in [-0.3, -0.25) is 4.79 Å². The summed E-state index contributed by atoms with van der Waals surface area (Å²) >= 11 is 0. The summed E-state index contributed by atoms with van der Waals surface area (Å²) in [6, 6.07) is 16.4. The Hall–Kier alpha value is -2.86. The van der Waals surface area contributed by atoms with Gasteiger partial charge in [-0.1, -0.05) is 30.3 Å². The molecule has 1 unspecified atom stereocenters. The van der Waals surface area contributed by atoms with Gasteiger partial charge in [-0.25, -0.2) is 4.79 Å². The van der Waals surface area contributed by atoms with E-state index in [9.17, 15) is 9.59 Å². The fourth-order valence-electron chi connectivity index (χ4n) is 2.99. The zero-order chi connectivity index (χ0) is 18.4. The molecule has 0 saturated carbocycles. The molecule has 26 heavy (non-hydrogen) atoms. The van der Waals surface area contributed by atoms with Gasteiger partial charge in [-0.2, -0.15) is 0 Å². The highest BCUT2D eigenvalue weighted by atomic mass is 16.5. The first-order valence-electron chi connectivity index (χ1n) is 8.63. The van der Waals surface area contributed by atoms with E-state index in [1.54, 1.807) is 23.1 Å². The molecule has 3 rings (SSSR count). The lowest BCUT2D eigenvalue weighted by molar-refractivity contribution is -0.128. The van der Waals surface area contributed by atoms with Crippen molar-refractivity contribution in [1.29, 1.82) is 0 Å². The van der Waals surface area contributed by atoms with Gasteiger partial charge in [0.2, 0.25) is 5.91 Å². The summed E-state index contributed by atoms with van der Waals surface area (Å²) < 4.78 is 5.65. The number of nitrogens with zero attached hydrogens (tertiary/aromatic N) is 1. The van der Waals surface area contributed by atoms with E-state index in [1.807, 2.05) is 36.4 Å². The van der Waals surface area contributed by atoms with Crippen molar-refractivity contribution < 1.29 is 19.4 Å². The molecular formula is C20H22N2O4. The second-order valence-electron chi connectivity index (χ2n) is 6.29. The second-order valence-corrected chi connectivity index (χ2v) is 6.29. The number of aromatic carboxylic acids is 1. The van der Waals surface area contributed by atoms with Gasteiger partial charge < -0.3 is 20.1 Å². The second kappa shape index (κ2) is 8.49. The van der Waals surface area contributed by atoms with Crippen LogP contribution in [0.4, 0.5) is 0 Å². The fourth-order valence-corrected chi connectivity index (χ4v) is 2.99. The predicted molar refractivity (Wildman–Crippen MR) is 97.2 cm³/mol. The zero-order valence-corrected chi connectivity index (χ0v) is 14.4. The molecule has 0 radical (unpaired) electrons. The molecule has 1 aliphatic rings. The average molecular weight is 354 g/mol. The van der Waals surface area contributed by atoms with Gasteiger partial charge in [0.15, 0.2) is 0 Å². The molecular weight excluding hydrogens is 332 g/mol. The summed E-state index contributed by atoms with van der Waals surface area (Å²) in [5, 5.41) is 12.4. The molecule has 1 saturated heterocycles. The third kappa shape index (κ3) is 4.83. The Kier molecular flexibility index (Phi) is 5.86. The highest BCUT2D eigenvalue weighted by molar-refractivity contribution is 5.87. The number of carboxylic acids is 1. The monoisotopic (exact) mass is 354 g/mol. The van der Waals surface area contributed by atoms with E-state index in [1.165, 1.54) is 0 Å². The van der Waals surface area contributed by atoms with Crippen LogP contribution in [0, 0.1) is 0 Å². The van der Waals surface area contributed by atoms with Crippen LogP contribution < -0.4 is 10.1 Å². The number of amides is 1. The molecule has 6 nitrogen and oxygen atoms in total. The van der Waals surface area contributed by atoms with Crippen LogP contribution in [0.5, 0.6) is 5.75 Å². The van der Waals surface area contributed by atoms with Crippen molar-refractivity contribution in [3.05, 3.63) is 65.7 Å². The Morgan fingerprint density at radius 1 is 1.19 bits per heavy atom.